The van der Waals surface area contributed by atoms with Gasteiger partial charge in [0.2, 0.25) is 5.91 Å². The van der Waals surface area contributed by atoms with Gasteiger partial charge in [-0.1, -0.05) is 19.3 Å². The topological polar surface area (TPSA) is 46.9 Å². The molecule has 1 amide bonds. The molecule has 1 atom stereocenters. The number of alkyl halides is 1. The highest BCUT2D eigenvalue weighted by Gasteiger charge is 2.30. The van der Waals surface area contributed by atoms with Crippen molar-refractivity contribution in [2.24, 2.45) is 0 Å². The van der Waals surface area contributed by atoms with Crippen LogP contribution in [0.5, 0.6) is 0 Å². The van der Waals surface area contributed by atoms with E-state index in [1.807, 2.05) is 0 Å². The van der Waals surface area contributed by atoms with E-state index in [0.717, 1.165) is 31.4 Å². The summed E-state index contributed by atoms with van der Waals surface area (Å²) < 4.78 is 2.05. The number of imidazole rings is 1. The second-order valence-corrected chi connectivity index (χ2v) is 6.10. The van der Waals surface area contributed by atoms with Crippen molar-refractivity contribution in [2.75, 3.05) is 0 Å². The van der Waals surface area contributed by atoms with Gasteiger partial charge in [0.05, 0.1) is 18.2 Å². The zero-order valence-electron chi connectivity index (χ0n) is 11.0. The Morgan fingerprint density at radius 3 is 2.74 bits per heavy atom. The molecule has 4 nitrogen and oxygen atoms in total. The SMILES string of the molecule is O=C(NC1CCCCC1)C(Cl)c1cncn1C1CC1. The van der Waals surface area contributed by atoms with E-state index in [-0.39, 0.29) is 5.91 Å². The summed E-state index contributed by atoms with van der Waals surface area (Å²) in [6.07, 6.45) is 11.7. The van der Waals surface area contributed by atoms with Crippen molar-refractivity contribution in [3.63, 3.8) is 0 Å². The maximum absolute atomic E-state index is 12.2. The van der Waals surface area contributed by atoms with Gasteiger partial charge in [-0.3, -0.25) is 4.79 Å². The van der Waals surface area contributed by atoms with Crippen molar-refractivity contribution in [1.82, 2.24) is 14.9 Å². The molecule has 19 heavy (non-hydrogen) atoms. The summed E-state index contributed by atoms with van der Waals surface area (Å²) in [6.45, 7) is 0. The van der Waals surface area contributed by atoms with Crippen molar-refractivity contribution in [1.29, 1.82) is 0 Å². The van der Waals surface area contributed by atoms with Crippen LogP contribution in [0.3, 0.4) is 0 Å². The largest absolute Gasteiger partial charge is 0.352 e. The Kier molecular flexibility index (Phi) is 3.78. The Morgan fingerprint density at radius 1 is 1.32 bits per heavy atom. The molecule has 1 N–H and O–H groups in total. The number of carbonyl (C=O) groups is 1. The molecule has 0 aliphatic heterocycles. The Labute approximate surface area is 118 Å². The summed E-state index contributed by atoms with van der Waals surface area (Å²) >= 11 is 6.32. The second-order valence-electron chi connectivity index (χ2n) is 5.66. The minimum Gasteiger partial charge on any atom is -0.352 e. The minimum atomic E-state index is -0.620. The van der Waals surface area contributed by atoms with Gasteiger partial charge in [0.15, 0.2) is 5.38 Å². The van der Waals surface area contributed by atoms with Crippen LogP contribution in [-0.4, -0.2) is 21.5 Å². The van der Waals surface area contributed by atoms with Crippen molar-refractivity contribution in [2.45, 2.75) is 62.4 Å². The molecule has 2 aliphatic rings. The molecule has 0 spiro atoms. The molecule has 104 valence electrons. The van der Waals surface area contributed by atoms with Gasteiger partial charge in [0.25, 0.3) is 0 Å². The molecule has 0 aromatic carbocycles. The Morgan fingerprint density at radius 2 is 2.05 bits per heavy atom. The van der Waals surface area contributed by atoms with Gasteiger partial charge in [-0.15, -0.1) is 11.6 Å². The summed E-state index contributed by atoms with van der Waals surface area (Å²) in [7, 11) is 0. The predicted octanol–water partition coefficient (Wildman–Crippen LogP) is 2.95. The van der Waals surface area contributed by atoms with Crippen LogP contribution in [0.15, 0.2) is 12.5 Å². The number of halogens is 1. The Bertz CT molecular complexity index is 449. The van der Waals surface area contributed by atoms with Gasteiger partial charge >= 0.3 is 0 Å². The summed E-state index contributed by atoms with van der Waals surface area (Å²) in [5, 5.41) is 2.46. The number of hydrogen-bond acceptors (Lipinski definition) is 2. The molecular formula is C14H20ClN3O. The standard InChI is InChI=1S/C14H20ClN3O/c15-13(12-8-16-9-18(12)11-6-7-11)14(19)17-10-4-2-1-3-5-10/h8-11,13H,1-7H2,(H,17,19). The van der Waals surface area contributed by atoms with Gasteiger partial charge < -0.3 is 9.88 Å². The molecule has 2 fully saturated rings. The van der Waals surface area contributed by atoms with Crippen LogP contribution in [0.1, 0.15) is 62.1 Å². The van der Waals surface area contributed by atoms with Crippen LogP contribution in [0.2, 0.25) is 0 Å². The van der Waals surface area contributed by atoms with E-state index < -0.39 is 5.38 Å². The number of amides is 1. The lowest BCUT2D eigenvalue weighted by Gasteiger charge is -2.24. The third-order valence-electron chi connectivity index (χ3n) is 4.08. The van der Waals surface area contributed by atoms with E-state index >= 15 is 0 Å². The third-order valence-corrected chi connectivity index (χ3v) is 4.50. The first-order valence-electron chi connectivity index (χ1n) is 7.22. The number of nitrogens with one attached hydrogen (secondary N) is 1. The van der Waals surface area contributed by atoms with E-state index in [1.54, 1.807) is 12.5 Å². The molecule has 3 rings (SSSR count). The second kappa shape index (κ2) is 5.53. The summed E-state index contributed by atoms with van der Waals surface area (Å²) in [5.41, 5.74) is 0.831. The van der Waals surface area contributed by atoms with E-state index in [0.29, 0.717) is 12.1 Å². The Balaban J connectivity index is 1.63. The van der Waals surface area contributed by atoms with Crippen LogP contribution >= 0.6 is 11.6 Å². The van der Waals surface area contributed by atoms with Gasteiger partial charge in [-0.2, -0.15) is 0 Å². The van der Waals surface area contributed by atoms with E-state index in [1.165, 1.54) is 19.3 Å². The fourth-order valence-electron chi connectivity index (χ4n) is 2.82. The lowest BCUT2D eigenvalue weighted by Crippen LogP contribution is -2.38. The van der Waals surface area contributed by atoms with Crippen LogP contribution in [0, 0.1) is 0 Å². The first-order chi connectivity index (χ1) is 9.25. The minimum absolute atomic E-state index is 0.0732. The number of hydrogen-bond donors (Lipinski definition) is 1. The molecule has 1 aromatic heterocycles. The maximum atomic E-state index is 12.2. The molecular weight excluding hydrogens is 262 g/mol. The van der Waals surface area contributed by atoms with Gasteiger partial charge in [-0.05, 0) is 25.7 Å². The van der Waals surface area contributed by atoms with Gasteiger partial charge in [0.1, 0.15) is 0 Å². The highest BCUT2D eigenvalue weighted by molar-refractivity contribution is 6.30. The average molecular weight is 282 g/mol. The van der Waals surface area contributed by atoms with E-state index in [9.17, 15) is 4.79 Å². The summed E-state index contributed by atoms with van der Waals surface area (Å²) in [5.74, 6) is -0.0732. The molecule has 5 heteroatoms. The van der Waals surface area contributed by atoms with Crippen LogP contribution < -0.4 is 5.32 Å². The van der Waals surface area contributed by atoms with Crippen LogP contribution in [0.25, 0.3) is 0 Å². The van der Waals surface area contributed by atoms with Crippen molar-refractivity contribution in [3.8, 4) is 0 Å². The smallest absolute Gasteiger partial charge is 0.244 e. The molecule has 0 bridgehead atoms. The zero-order chi connectivity index (χ0) is 13.2. The number of aromatic nitrogens is 2. The fourth-order valence-corrected chi connectivity index (χ4v) is 3.06. The predicted molar refractivity (Wildman–Crippen MR) is 74.1 cm³/mol. The number of nitrogens with zero attached hydrogens (tertiary/aromatic N) is 2. The highest BCUT2D eigenvalue weighted by atomic mass is 35.5. The molecule has 1 aromatic rings. The monoisotopic (exact) mass is 281 g/mol. The molecule has 1 unspecified atom stereocenters. The third kappa shape index (κ3) is 2.94. The van der Waals surface area contributed by atoms with Crippen LogP contribution in [0.4, 0.5) is 0 Å². The average Bonchev–Trinajstić information content (AvgIpc) is 3.16. The Hall–Kier alpha value is -1.03. The quantitative estimate of drug-likeness (QED) is 0.863. The lowest BCUT2D eigenvalue weighted by molar-refractivity contribution is -0.121. The molecule has 0 saturated heterocycles. The van der Waals surface area contributed by atoms with Gasteiger partial charge in [-0.25, -0.2) is 4.98 Å². The van der Waals surface area contributed by atoms with Crippen molar-refractivity contribution < 1.29 is 4.79 Å². The molecule has 0 radical (unpaired) electrons. The highest BCUT2D eigenvalue weighted by Crippen LogP contribution is 2.38. The number of rotatable bonds is 4. The summed E-state index contributed by atoms with van der Waals surface area (Å²) in [6, 6.07) is 0.807. The normalized spacial score (nSPS) is 22.2. The molecule has 2 aliphatic carbocycles. The fraction of sp³-hybridized carbons (Fsp3) is 0.714. The molecule has 1 heterocycles. The number of carbonyl (C=O) groups excluding carboxylic acids is 1. The first-order valence-corrected chi connectivity index (χ1v) is 7.65. The first kappa shape index (κ1) is 13.0. The van der Waals surface area contributed by atoms with E-state index in [4.69, 9.17) is 11.6 Å². The molecule has 2 saturated carbocycles. The lowest BCUT2D eigenvalue weighted by atomic mass is 9.95. The maximum Gasteiger partial charge on any atom is 0.244 e. The van der Waals surface area contributed by atoms with E-state index in [2.05, 4.69) is 14.9 Å². The van der Waals surface area contributed by atoms with Crippen molar-refractivity contribution >= 4 is 17.5 Å². The van der Waals surface area contributed by atoms with Crippen LogP contribution in [-0.2, 0) is 4.79 Å². The zero-order valence-corrected chi connectivity index (χ0v) is 11.8. The van der Waals surface area contributed by atoms with Gasteiger partial charge in [0, 0.05) is 12.1 Å². The van der Waals surface area contributed by atoms with Crippen molar-refractivity contribution in [3.05, 3.63) is 18.2 Å². The summed E-state index contributed by atoms with van der Waals surface area (Å²) in [4.78, 5) is 16.4.